The number of nitrogens with zero attached hydrogens (tertiary/aromatic N) is 3. The third-order valence-electron chi connectivity index (χ3n) is 6.78. The van der Waals surface area contributed by atoms with Crippen molar-refractivity contribution in [1.82, 2.24) is 14.9 Å². The molecule has 0 saturated carbocycles. The second-order valence-corrected chi connectivity index (χ2v) is 8.53. The zero-order valence-electron chi connectivity index (χ0n) is 16.9. The maximum absolute atomic E-state index is 13.5. The lowest BCUT2D eigenvalue weighted by atomic mass is 9.77. The number of carbonyl (C=O) groups excluding carboxylic acids is 1. The minimum atomic E-state index is -0.0463. The normalized spacial score (nSPS) is 24.3. The van der Waals surface area contributed by atoms with Gasteiger partial charge >= 0.3 is 0 Å². The summed E-state index contributed by atoms with van der Waals surface area (Å²) in [6.45, 7) is 4.05. The third kappa shape index (κ3) is 3.41. The molecule has 0 spiro atoms. The third-order valence-corrected chi connectivity index (χ3v) is 6.78. The van der Waals surface area contributed by atoms with Crippen LogP contribution in [0.3, 0.4) is 0 Å². The van der Waals surface area contributed by atoms with Crippen LogP contribution in [-0.2, 0) is 17.6 Å². The monoisotopic (exact) mass is 385 g/mol. The van der Waals surface area contributed by atoms with E-state index in [0.717, 1.165) is 54.8 Å². The van der Waals surface area contributed by atoms with Crippen molar-refractivity contribution >= 4 is 16.9 Å². The van der Waals surface area contributed by atoms with Crippen LogP contribution in [0.25, 0.3) is 11.0 Å². The van der Waals surface area contributed by atoms with Crippen LogP contribution >= 0.6 is 0 Å². The fourth-order valence-corrected chi connectivity index (χ4v) is 5.07. The molecule has 1 aromatic heterocycles. The highest BCUT2D eigenvalue weighted by atomic mass is 16.2. The molecule has 2 aliphatic rings. The highest BCUT2D eigenvalue weighted by Gasteiger charge is 2.39. The van der Waals surface area contributed by atoms with Crippen molar-refractivity contribution < 1.29 is 4.79 Å². The first-order valence-corrected chi connectivity index (χ1v) is 10.8. The lowest BCUT2D eigenvalue weighted by Gasteiger charge is -2.30. The molecule has 5 rings (SSSR count). The van der Waals surface area contributed by atoms with Gasteiger partial charge in [-0.15, -0.1) is 0 Å². The van der Waals surface area contributed by atoms with Gasteiger partial charge < -0.3 is 4.90 Å². The van der Waals surface area contributed by atoms with Gasteiger partial charge in [-0.2, -0.15) is 0 Å². The van der Waals surface area contributed by atoms with E-state index in [2.05, 4.69) is 42.2 Å². The van der Waals surface area contributed by atoms with Crippen LogP contribution in [0.15, 0.2) is 54.6 Å². The lowest BCUT2D eigenvalue weighted by molar-refractivity contribution is -0.136. The average Bonchev–Trinajstić information content (AvgIpc) is 3.26. The molecule has 4 nitrogen and oxygen atoms in total. The average molecular weight is 386 g/mol. The molecule has 1 aliphatic carbocycles. The van der Waals surface area contributed by atoms with Gasteiger partial charge in [-0.05, 0) is 48.8 Å². The molecular weight excluding hydrogens is 358 g/mol. The minimum Gasteiger partial charge on any atom is -0.342 e. The van der Waals surface area contributed by atoms with E-state index in [1.54, 1.807) is 0 Å². The van der Waals surface area contributed by atoms with E-state index in [4.69, 9.17) is 9.97 Å². The molecule has 1 aliphatic heterocycles. The van der Waals surface area contributed by atoms with Gasteiger partial charge in [0.15, 0.2) is 0 Å². The Labute approximate surface area is 172 Å². The molecule has 3 aromatic rings. The summed E-state index contributed by atoms with van der Waals surface area (Å²) >= 11 is 0. The highest BCUT2D eigenvalue weighted by molar-refractivity contribution is 5.80. The molecule has 2 heterocycles. The molecule has 2 aromatic carbocycles. The number of aromatic nitrogens is 2. The number of carbonyl (C=O) groups is 1. The molecule has 148 valence electrons. The Balaban J connectivity index is 1.60. The molecule has 0 N–H and O–H groups in total. The lowest BCUT2D eigenvalue weighted by Crippen LogP contribution is -2.39. The predicted molar refractivity (Wildman–Crippen MR) is 115 cm³/mol. The summed E-state index contributed by atoms with van der Waals surface area (Å²) in [5.41, 5.74) is 5.22. The largest absolute Gasteiger partial charge is 0.342 e. The minimum absolute atomic E-state index is 0.0463. The van der Waals surface area contributed by atoms with Gasteiger partial charge in [-0.1, -0.05) is 49.4 Å². The number of hydrogen-bond donors (Lipinski definition) is 0. The van der Waals surface area contributed by atoms with Crippen LogP contribution in [0.5, 0.6) is 0 Å². The van der Waals surface area contributed by atoms with E-state index < -0.39 is 0 Å². The van der Waals surface area contributed by atoms with Crippen LogP contribution in [0, 0.1) is 11.8 Å². The van der Waals surface area contributed by atoms with Crippen LogP contribution in [0.1, 0.15) is 42.6 Å². The number of hydrogen-bond acceptors (Lipinski definition) is 3. The number of para-hydroxylation sites is 2. The topological polar surface area (TPSA) is 46.1 Å². The van der Waals surface area contributed by atoms with E-state index in [1.807, 2.05) is 24.3 Å². The van der Waals surface area contributed by atoms with Crippen LogP contribution < -0.4 is 0 Å². The summed E-state index contributed by atoms with van der Waals surface area (Å²) < 4.78 is 0. The maximum Gasteiger partial charge on any atom is 0.226 e. The van der Waals surface area contributed by atoms with E-state index in [-0.39, 0.29) is 17.8 Å². The predicted octanol–water partition coefficient (Wildman–Crippen LogP) is 4.39. The zero-order valence-corrected chi connectivity index (χ0v) is 16.9. The van der Waals surface area contributed by atoms with Crippen LogP contribution in [0.2, 0.25) is 0 Å². The van der Waals surface area contributed by atoms with Gasteiger partial charge in [-0.25, -0.2) is 9.97 Å². The van der Waals surface area contributed by atoms with Crippen molar-refractivity contribution in [3.8, 4) is 0 Å². The number of fused-ring (bicyclic) bond motifs is 2. The second kappa shape index (κ2) is 7.58. The summed E-state index contributed by atoms with van der Waals surface area (Å²) in [6, 6.07) is 18.7. The smallest absolute Gasteiger partial charge is 0.226 e. The van der Waals surface area contributed by atoms with Gasteiger partial charge in [0.1, 0.15) is 0 Å². The van der Waals surface area contributed by atoms with E-state index in [0.29, 0.717) is 12.3 Å². The summed E-state index contributed by atoms with van der Waals surface area (Å²) in [6.07, 6.45) is 3.76. The SMILES string of the molecule is C[C@H]1[C@@H](C(=O)N2CCCC2)Cc2nc3ccccc3nc2C[C@@H]1c1ccccc1. The number of likely N-dealkylation sites (tertiary alicyclic amines) is 1. The first-order valence-electron chi connectivity index (χ1n) is 10.8. The van der Waals surface area contributed by atoms with Crippen molar-refractivity contribution in [3.05, 3.63) is 71.5 Å². The Bertz CT molecular complexity index is 1030. The van der Waals surface area contributed by atoms with Crippen LogP contribution in [0.4, 0.5) is 0 Å². The van der Waals surface area contributed by atoms with Crippen molar-refractivity contribution in [2.75, 3.05) is 13.1 Å². The Morgan fingerprint density at radius 2 is 1.45 bits per heavy atom. The molecule has 29 heavy (non-hydrogen) atoms. The van der Waals surface area contributed by atoms with Crippen LogP contribution in [-0.4, -0.2) is 33.9 Å². The molecule has 0 bridgehead atoms. The quantitative estimate of drug-likeness (QED) is 0.615. The Hall–Kier alpha value is -2.75. The van der Waals surface area contributed by atoms with Crippen molar-refractivity contribution in [2.45, 2.75) is 38.5 Å². The zero-order chi connectivity index (χ0) is 19.8. The maximum atomic E-state index is 13.5. The van der Waals surface area contributed by atoms with Gasteiger partial charge in [0.05, 0.1) is 22.4 Å². The first-order chi connectivity index (χ1) is 14.2. The van der Waals surface area contributed by atoms with E-state index in [9.17, 15) is 4.79 Å². The second-order valence-electron chi connectivity index (χ2n) is 8.53. The van der Waals surface area contributed by atoms with Gasteiger partial charge in [-0.3, -0.25) is 4.79 Å². The van der Waals surface area contributed by atoms with E-state index in [1.165, 1.54) is 5.56 Å². The van der Waals surface area contributed by atoms with E-state index >= 15 is 0 Å². The number of rotatable bonds is 2. The summed E-state index contributed by atoms with van der Waals surface area (Å²) in [5.74, 6) is 0.767. The van der Waals surface area contributed by atoms with Gasteiger partial charge in [0, 0.05) is 25.4 Å². The molecule has 3 atom stereocenters. The molecule has 0 radical (unpaired) electrons. The summed E-state index contributed by atoms with van der Waals surface area (Å²) in [4.78, 5) is 25.5. The Morgan fingerprint density at radius 1 is 0.862 bits per heavy atom. The summed E-state index contributed by atoms with van der Waals surface area (Å²) in [5, 5.41) is 0. The fourth-order valence-electron chi connectivity index (χ4n) is 5.07. The molecular formula is C25H27N3O. The number of benzene rings is 2. The summed E-state index contributed by atoms with van der Waals surface area (Å²) in [7, 11) is 0. The Morgan fingerprint density at radius 3 is 2.10 bits per heavy atom. The fraction of sp³-hybridized carbons (Fsp3) is 0.400. The first kappa shape index (κ1) is 18.3. The van der Waals surface area contributed by atoms with Crippen molar-refractivity contribution in [2.24, 2.45) is 11.8 Å². The van der Waals surface area contributed by atoms with Gasteiger partial charge in [0.25, 0.3) is 0 Å². The number of amides is 1. The van der Waals surface area contributed by atoms with Gasteiger partial charge in [0.2, 0.25) is 5.91 Å². The van der Waals surface area contributed by atoms with Crippen molar-refractivity contribution in [3.63, 3.8) is 0 Å². The molecule has 1 amide bonds. The standard InChI is InChI=1S/C25H27N3O/c1-17-19(18-9-3-2-4-10-18)15-23-24(27-22-12-6-5-11-21(22)26-23)16-20(17)25(29)28-13-7-8-14-28/h2-6,9-12,17,19-20H,7-8,13-16H2,1H3/t17-,19+,20+/m1/s1. The highest BCUT2D eigenvalue weighted by Crippen LogP contribution is 2.39. The Kier molecular flexibility index (Phi) is 4.78. The molecule has 0 unspecified atom stereocenters. The molecule has 1 saturated heterocycles. The molecule has 4 heteroatoms. The van der Waals surface area contributed by atoms with Crippen molar-refractivity contribution in [1.29, 1.82) is 0 Å². The molecule has 1 fully saturated rings.